The molecule has 1 aromatic carbocycles. The molecule has 3 heteroatoms. The van der Waals surface area contributed by atoms with Gasteiger partial charge in [0, 0.05) is 32.9 Å². The van der Waals surface area contributed by atoms with Gasteiger partial charge in [-0.15, -0.1) is 13.2 Å². The summed E-state index contributed by atoms with van der Waals surface area (Å²) in [6.45, 7) is 9.30. The number of fused-ring (bicyclic) bond motifs is 1. The number of amides is 1. The number of nitrogens with zero attached hydrogens (tertiary/aromatic N) is 2. The van der Waals surface area contributed by atoms with Crippen LogP contribution in [0.5, 0.6) is 0 Å². The highest BCUT2D eigenvalue weighted by Crippen LogP contribution is 2.27. The van der Waals surface area contributed by atoms with Gasteiger partial charge in [0.25, 0.3) is 5.91 Å². The SMILES string of the molecule is C=CCN(CC=C)C(=O)C1=CN(C)Cc2ccccc21. The topological polar surface area (TPSA) is 23.6 Å². The Morgan fingerprint density at radius 2 is 1.95 bits per heavy atom. The summed E-state index contributed by atoms with van der Waals surface area (Å²) in [6, 6.07) is 8.05. The first-order chi connectivity index (χ1) is 9.67. The Balaban J connectivity index is 2.36. The molecular formula is C17H20N2O. The first kappa shape index (κ1) is 14.1. The summed E-state index contributed by atoms with van der Waals surface area (Å²) in [6.07, 6.45) is 5.39. The van der Waals surface area contributed by atoms with E-state index in [4.69, 9.17) is 0 Å². The van der Waals surface area contributed by atoms with E-state index in [9.17, 15) is 4.79 Å². The average Bonchev–Trinajstić information content (AvgIpc) is 2.45. The molecule has 2 rings (SSSR count). The zero-order valence-corrected chi connectivity index (χ0v) is 11.9. The maximum atomic E-state index is 12.7. The maximum Gasteiger partial charge on any atom is 0.256 e. The second kappa shape index (κ2) is 6.24. The van der Waals surface area contributed by atoms with Gasteiger partial charge in [0.1, 0.15) is 0 Å². The highest BCUT2D eigenvalue weighted by Gasteiger charge is 2.23. The fourth-order valence-corrected chi connectivity index (χ4v) is 2.42. The van der Waals surface area contributed by atoms with E-state index in [-0.39, 0.29) is 5.91 Å². The zero-order valence-electron chi connectivity index (χ0n) is 11.9. The lowest BCUT2D eigenvalue weighted by atomic mass is 9.96. The molecule has 1 amide bonds. The van der Waals surface area contributed by atoms with Crippen LogP contribution in [-0.4, -0.2) is 35.8 Å². The zero-order chi connectivity index (χ0) is 14.5. The lowest BCUT2D eigenvalue weighted by Gasteiger charge is -2.28. The van der Waals surface area contributed by atoms with E-state index in [1.165, 1.54) is 5.56 Å². The predicted molar refractivity (Wildman–Crippen MR) is 82.9 cm³/mol. The van der Waals surface area contributed by atoms with Gasteiger partial charge in [0.2, 0.25) is 0 Å². The van der Waals surface area contributed by atoms with Crippen molar-refractivity contribution < 1.29 is 4.79 Å². The second-order valence-corrected chi connectivity index (χ2v) is 4.90. The molecule has 0 aliphatic carbocycles. The summed E-state index contributed by atoms with van der Waals surface area (Å²) in [4.78, 5) is 16.5. The fourth-order valence-electron chi connectivity index (χ4n) is 2.42. The van der Waals surface area contributed by atoms with E-state index in [1.54, 1.807) is 17.1 Å². The average molecular weight is 268 g/mol. The molecule has 20 heavy (non-hydrogen) atoms. The lowest BCUT2D eigenvalue weighted by molar-refractivity contribution is -0.124. The number of rotatable bonds is 5. The van der Waals surface area contributed by atoms with Gasteiger partial charge in [-0.3, -0.25) is 4.79 Å². The molecule has 1 heterocycles. The highest BCUT2D eigenvalue weighted by atomic mass is 16.2. The van der Waals surface area contributed by atoms with Crippen LogP contribution in [0.2, 0.25) is 0 Å². The number of hydrogen-bond donors (Lipinski definition) is 0. The molecule has 0 fully saturated rings. The third-order valence-electron chi connectivity index (χ3n) is 3.29. The van der Waals surface area contributed by atoms with Crippen LogP contribution in [0.15, 0.2) is 55.8 Å². The van der Waals surface area contributed by atoms with Crippen molar-refractivity contribution in [2.75, 3.05) is 20.1 Å². The minimum Gasteiger partial charge on any atom is -0.375 e. The van der Waals surface area contributed by atoms with Gasteiger partial charge in [-0.2, -0.15) is 0 Å². The summed E-state index contributed by atoms with van der Waals surface area (Å²) < 4.78 is 0. The number of carbonyl (C=O) groups excluding carboxylic acids is 1. The van der Waals surface area contributed by atoms with Crippen LogP contribution in [0, 0.1) is 0 Å². The van der Waals surface area contributed by atoms with Crippen LogP contribution < -0.4 is 0 Å². The normalized spacial score (nSPS) is 13.2. The molecular weight excluding hydrogens is 248 g/mol. The monoisotopic (exact) mass is 268 g/mol. The first-order valence-corrected chi connectivity index (χ1v) is 6.68. The molecule has 1 aromatic rings. The van der Waals surface area contributed by atoms with E-state index < -0.39 is 0 Å². The number of benzene rings is 1. The summed E-state index contributed by atoms with van der Waals surface area (Å²) in [7, 11) is 1.98. The fraction of sp³-hybridized carbons (Fsp3) is 0.235. The predicted octanol–water partition coefficient (Wildman–Crippen LogP) is 2.67. The van der Waals surface area contributed by atoms with Crippen LogP contribution in [0.3, 0.4) is 0 Å². The smallest absolute Gasteiger partial charge is 0.256 e. The van der Waals surface area contributed by atoms with E-state index >= 15 is 0 Å². The molecule has 0 saturated heterocycles. The van der Waals surface area contributed by atoms with Gasteiger partial charge in [-0.1, -0.05) is 36.4 Å². The Labute approximate surface area is 120 Å². The Bertz CT molecular complexity index is 550. The first-order valence-electron chi connectivity index (χ1n) is 6.68. The van der Waals surface area contributed by atoms with Crippen LogP contribution in [0.4, 0.5) is 0 Å². The van der Waals surface area contributed by atoms with E-state index in [0.717, 1.165) is 17.7 Å². The number of hydrogen-bond acceptors (Lipinski definition) is 2. The summed E-state index contributed by atoms with van der Waals surface area (Å²) >= 11 is 0. The standard InChI is InChI=1S/C17H20N2O/c1-4-10-19(11-5-2)17(20)16-13-18(3)12-14-8-6-7-9-15(14)16/h4-9,13H,1-2,10-12H2,3H3. The lowest BCUT2D eigenvalue weighted by Crippen LogP contribution is -2.34. The van der Waals surface area contributed by atoms with Crippen LogP contribution in [0.1, 0.15) is 11.1 Å². The third kappa shape index (κ3) is 2.82. The Hall–Kier alpha value is -2.29. The number of carbonyl (C=O) groups is 1. The maximum absolute atomic E-state index is 12.7. The van der Waals surface area contributed by atoms with Crippen molar-refractivity contribution in [1.29, 1.82) is 0 Å². The molecule has 0 bridgehead atoms. The summed E-state index contributed by atoms with van der Waals surface area (Å²) in [5.41, 5.74) is 2.93. The van der Waals surface area contributed by atoms with Crippen molar-refractivity contribution in [1.82, 2.24) is 9.80 Å². The van der Waals surface area contributed by atoms with Gasteiger partial charge < -0.3 is 9.80 Å². The molecule has 0 aromatic heterocycles. The van der Waals surface area contributed by atoms with Gasteiger partial charge in [-0.25, -0.2) is 0 Å². The molecule has 1 aliphatic heterocycles. The van der Waals surface area contributed by atoms with E-state index in [1.807, 2.05) is 36.3 Å². The Morgan fingerprint density at radius 3 is 2.60 bits per heavy atom. The van der Waals surface area contributed by atoms with Gasteiger partial charge >= 0.3 is 0 Å². The Kier molecular flexibility index (Phi) is 4.41. The van der Waals surface area contributed by atoms with Crippen molar-refractivity contribution in [3.63, 3.8) is 0 Å². The van der Waals surface area contributed by atoms with Gasteiger partial charge in [0.05, 0.1) is 5.57 Å². The minimum absolute atomic E-state index is 0.0174. The molecule has 104 valence electrons. The van der Waals surface area contributed by atoms with Crippen molar-refractivity contribution >= 4 is 11.5 Å². The summed E-state index contributed by atoms with van der Waals surface area (Å²) in [5, 5.41) is 0. The van der Waals surface area contributed by atoms with Crippen LogP contribution in [-0.2, 0) is 11.3 Å². The van der Waals surface area contributed by atoms with Crippen LogP contribution >= 0.6 is 0 Å². The molecule has 0 radical (unpaired) electrons. The van der Waals surface area contributed by atoms with Crippen molar-refractivity contribution in [2.24, 2.45) is 0 Å². The van der Waals surface area contributed by atoms with E-state index in [0.29, 0.717) is 13.1 Å². The van der Waals surface area contributed by atoms with Gasteiger partial charge in [-0.05, 0) is 11.1 Å². The third-order valence-corrected chi connectivity index (χ3v) is 3.29. The van der Waals surface area contributed by atoms with Crippen molar-refractivity contribution in [2.45, 2.75) is 6.54 Å². The molecule has 0 N–H and O–H groups in total. The summed E-state index contributed by atoms with van der Waals surface area (Å²) in [5.74, 6) is 0.0174. The highest BCUT2D eigenvalue weighted by molar-refractivity contribution is 6.20. The van der Waals surface area contributed by atoms with Crippen LogP contribution in [0.25, 0.3) is 5.57 Å². The van der Waals surface area contributed by atoms with E-state index in [2.05, 4.69) is 19.2 Å². The second-order valence-electron chi connectivity index (χ2n) is 4.90. The molecule has 3 nitrogen and oxygen atoms in total. The largest absolute Gasteiger partial charge is 0.375 e. The quantitative estimate of drug-likeness (QED) is 0.767. The Morgan fingerprint density at radius 1 is 1.30 bits per heavy atom. The molecule has 0 saturated carbocycles. The van der Waals surface area contributed by atoms with Crippen molar-refractivity contribution in [3.8, 4) is 0 Å². The molecule has 0 spiro atoms. The van der Waals surface area contributed by atoms with Crippen molar-refractivity contribution in [3.05, 3.63) is 66.9 Å². The molecule has 0 unspecified atom stereocenters. The molecule has 0 atom stereocenters. The van der Waals surface area contributed by atoms with Gasteiger partial charge in [0.15, 0.2) is 0 Å². The molecule has 1 aliphatic rings. The minimum atomic E-state index is 0.0174.